The van der Waals surface area contributed by atoms with E-state index in [1.807, 2.05) is 6.07 Å². The van der Waals surface area contributed by atoms with Gasteiger partial charge in [-0.15, -0.1) is 0 Å². The molecule has 0 saturated carbocycles. The van der Waals surface area contributed by atoms with Crippen molar-refractivity contribution in [3.63, 3.8) is 0 Å². The molecular formula is C19H20N6O4. The molecular weight excluding hydrogens is 376 g/mol. The number of hydrogen-bond acceptors (Lipinski definition) is 9. The molecule has 0 saturated heterocycles. The maximum Gasteiger partial charge on any atom is 0.296 e. The Kier molecular flexibility index (Phi) is 6.15. The van der Waals surface area contributed by atoms with Gasteiger partial charge in [-0.1, -0.05) is 0 Å². The molecule has 0 bridgehead atoms. The smallest absolute Gasteiger partial charge is 0.296 e. The van der Waals surface area contributed by atoms with Crippen LogP contribution in [0.15, 0.2) is 48.8 Å². The van der Waals surface area contributed by atoms with Gasteiger partial charge in [0.2, 0.25) is 5.95 Å². The van der Waals surface area contributed by atoms with Crippen LogP contribution < -0.4 is 15.4 Å². The first-order valence-electron chi connectivity index (χ1n) is 8.76. The fraction of sp³-hybridized carbons (Fsp3) is 0.211. The molecule has 0 unspecified atom stereocenters. The van der Waals surface area contributed by atoms with E-state index in [2.05, 4.69) is 25.6 Å². The molecule has 3 rings (SSSR count). The number of aromatic nitrogens is 3. The van der Waals surface area contributed by atoms with Crippen molar-refractivity contribution in [2.75, 3.05) is 24.4 Å². The minimum atomic E-state index is -0.499. The Morgan fingerprint density at radius 2 is 2.10 bits per heavy atom. The van der Waals surface area contributed by atoms with Crippen LogP contribution >= 0.6 is 0 Å². The quantitative estimate of drug-likeness (QED) is 0.388. The van der Waals surface area contributed by atoms with Crippen LogP contribution in [0.2, 0.25) is 0 Å². The second kappa shape index (κ2) is 8.93. The van der Waals surface area contributed by atoms with Crippen LogP contribution in [0.5, 0.6) is 5.75 Å². The maximum atomic E-state index is 11.4. The number of nitro groups is 1. The zero-order chi connectivity index (χ0) is 20.8. The van der Waals surface area contributed by atoms with Crippen molar-refractivity contribution >= 4 is 23.1 Å². The van der Waals surface area contributed by atoms with E-state index in [1.54, 1.807) is 43.6 Å². The molecule has 1 aromatic carbocycles. The third kappa shape index (κ3) is 4.93. The monoisotopic (exact) mass is 396 g/mol. The summed E-state index contributed by atoms with van der Waals surface area (Å²) >= 11 is 0. The number of pyridine rings is 1. The van der Waals surface area contributed by atoms with Crippen molar-refractivity contribution < 1.29 is 14.8 Å². The Morgan fingerprint density at radius 1 is 1.28 bits per heavy atom. The number of hydrogen-bond donors (Lipinski definition) is 3. The van der Waals surface area contributed by atoms with Crippen LogP contribution in [-0.4, -0.2) is 44.7 Å². The first-order valence-corrected chi connectivity index (χ1v) is 8.76. The van der Waals surface area contributed by atoms with Crippen molar-refractivity contribution in [1.82, 2.24) is 15.0 Å². The number of aliphatic hydroxyl groups is 1. The minimum absolute atomic E-state index is 0.104. The van der Waals surface area contributed by atoms with Gasteiger partial charge in [0.25, 0.3) is 5.69 Å². The molecule has 10 heteroatoms. The van der Waals surface area contributed by atoms with Crippen molar-refractivity contribution in [2.45, 2.75) is 13.0 Å². The Balaban J connectivity index is 2.02. The summed E-state index contributed by atoms with van der Waals surface area (Å²) < 4.78 is 5.06. The Bertz CT molecular complexity index is 999. The van der Waals surface area contributed by atoms with Gasteiger partial charge in [-0.2, -0.15) is 4.98 Å². The molecule has 2 heterocycles. The minimum Gasteiger partial charge on any atom is -0.496 e. The van der Waals surface area contributed by atoms with Crippen LogP contribution in [0.3, 0.4) is 0 Å². The number of benzene rings is 1. The second-order valence-corrected chi connectivity index (χ2v) is 6.20. The fourth-order valence-corrected chi connectivity index (χ4v) is 2.54. The highest BCUT2D eigenvalue weighted by atomic mass is 16.6. The van der Waals surface area contributed by atoms with Crippen LogP contribution in [0.1, 0.15) is 6.92 Å². The first-order chi connectivity index (χ1) is 14.0. The van der Waals surface area contributed by atoms with Gasteiger partial charge in [-0.25, -0.2) is 4.98 Å². The standard InChI is InChI=1S/C19H20N6O4/c1-12(11-26)21-19-23-16(13-4-3-7-20-10-13)9-18(24-19)22-15-6-5-14(29-2)8-17(15)25(27)28/h3-10,12,26H,11H2,1-2H3,(H2,21,22,23,24)/t12-/m0/s1. The highest BCUT2D eigenvalue weighted by molar-refractivity contribution is 5.72. The molecule has 29 heavy (non-hydrogen) atoms. The van der Waals surface area contributed by atoms with Crippen molar-refractivity contribution in [2.24, 2.45) is 0 Å². The largest absolute Gasteiger partial charge is 0.496 e. The third-order valence-corrected chi connectivity index (χ3v) is 4.00. The number of aliphatic hydroxyl groups excluding tert-OH is 1. The lowest BCUT2D eigenvalue weighted by Gasteiger charge is -2.14. The van der Waals surface area contributed by atoms with Crippen molar-refractivity contribution in [3.8, 4) is 17.0 Å². The number of ether oxygens (including phenoxy) is 1. The lowest BCUT2D eigenvalue weighted by atomic mass is 10.2. The summed E-state index contributed by atoms with van der Waals surface area (Å²) in [4.78, 5) is 23.9. The summed E-state index contributed by atoms with van der Waals surface area (Å²) in [6, 6.07) is 9.51. The van der Waals surface area contributed by atoms with Crippen LogP contribution in [0.4, 0.5) is 23.1 Å². The van der Waals surface area contributed by atoms with Gasteiger partial charge in [0.1, 0.15) is 17.3 Å². The Labute approximate surface area is 166 Å². The van der Waals surface area contributed by atoms with E-state index < -0.39 is 4.92 Å². The number of nitrogens with zero attached hydrogens (tertiary/aromatic N) is 4. The molecule has 0 spiro atoms. The van der Waals surface area contributed by atoms with E-state index in [4.69, 9.17) is 4.74 Å². The van der Waals surface area contributed by atoms with Crippen LogP contribution in [0.25, 0.3) is 11.3 Å². The van der Waals surface area contributed by atoms with Crippen molar-refractivity contribution in [1.29, 1.82) is 0 Å². The molecule has 0 aliphatic heterocycles. The highest BCUT2D eigenvalue weighted by Gasteiger charge is 2.17. The summed E-state index contributed by atoms with van der Waals surface area (Å²) in [5.74, 6) is 0.992. The average molecular weight is 396 g/mol. The van der Waals surface area contributed by atoms with E-state index in [-0.39, 0.29) is 30.0 Å². The lowest BCUT2D eigenvalue weighted by Crippen LogP contribution is -2.21. The number of rotatable bonds is 8. The van der Waals surface area contributed by atoms with Gasteiger partial charge in [-0.05, 0) is 31.2 Å². The SMILES string of the molecule is COc1ccc(Nc2cc(-c3cccnc3)nc(N[C@@H](C)CO)n2)c([N+](=O)[O-])c1. The molecule has 0 aliphatic rings. The van der Waals surface area contributed by atoms with E-state index in [9.17, 15) is 15.2 Å². The average Bonchev–Trinajstić information content (AvgIpc) is 2.74. The summed E-state index contributed by atoms with van der Waals surface area (Å²) in [7, 11) is 1.44. The number of anilines is 3. The van der Waals surface area contributed by atoms with Crippen molar-refractivity contribution in [3.05, 3.63) is 58.9 Å². The molecule has 10 nitrogen and oxygen atoms in total. The van der Waals surface area contributed by atoms with Gasteiger partial charge in [0.05, 0.1) is 30.4 Å². The zero-order valence-corrected chi connectivity index (χ0v) is 15.9. The molecule has 0 aliphatic carbocycles. The predicted octanol–water partition coefficient (Wildman–Crippen LogP) is 2.99. The summed E-state index contributed by atoms with van der Waals surface area (Å²) in [6.45, 7) is 1.68. The molecule has 1 atom stereocenters. The van der Waals surface area contributed by atoms with E-state index >= 15 is 0 Å². The molecule has 0 radical (unpaired) electrons. The second-order valence-electron chi connectivity index (χ2n) is 6.20. The van der Waals surface area contributed by atoms with Crippen LogP contribution in [-0.2, 0) is 0 Å². The van der Waals surface area contributed by atoms with Gasteiger partial charge < -0.3 is 20.5 Å². The molecule has 3 aromatic rings. The molecule has 150 valence electrons. The molecule has 3 N–H and O–H groups in total. The summed E-state index contributed by atoms with van der Waals surface area (Å²) in [5.41, 5.74) is 1.43. The van der Waals surface area contributed by atoms with Crippen LogP contribution in [0, 0.1) is 10.1 Å². The Hall–Kier alpha value is -3.79. The summed E-state index contributed by atoms with van der Waals surface area (Å²) in [6.07, 6.45) is 3.30. The number of nitrogens with one attached hydrogen (secondary N) is 2. The number of methoxy groups -OCH3 is 1. The first kappa shape index (κ1) is 20.0. The maximum absolute atomic E-state index is 11.4. The van der Waals surface area contributed by atoms with Gasteiger partial charge in [-0.3, -0.25) is 15.1 Å². The third-order valence-electron chi connectivity index (χ3n) is 4.00. The van der Waals surface area contributed by atoms with Gasteiger partial charge in [0, 0.05) is 30.1 Å². The summed E-state index contributed by atoms with van der Waals surface area (Å²) in [5, 5.41) is 26.7. The van der Waals surface area contributed by atoms with E-state index in [0.29, 0.717) is 17.3 Å². The van der Waals surface area contributed by atoms with Gasteiger partial charge >= 0.3 is 0 Å². The molecule has 2 aromatic heterocycles. The zero-order valence-electron chi connectivity index (χ0n) is 15.9. The Morgan fingerprint density at radius 3 is 2.76 bits per heavy atom. The fourth-order valence-electron chi connectivity index (χ4n) is 2.54. The van der Waals surface area contributed by atoms with E-state index in [0.717, 1.165) is 5.56 Å². The topological polar surface area (TPSA) is 135 Å². The highest BCUT2D eigenvalue weighted by Crippen LogP contribution is 2.32. The molecule has 0 amide bonds. The normalized spacial score (nSPS) is 11.6. The van der Waals surface area contributed by atoms with Gasteiger partial charge in [0.15, 0.2) is 0 Å². The number of nitro benzene ring substituents is 1. The lowest BCUT2D eigenvalue weighted by molar-refractivity contribution is -0.384. The molecule has 0 fully saturated rings. The predicted molar refractivity (Wildman–Crippen MR) is 108 cm³/mol. The van der Waals surface area contributed by atoms with E-state index in [1.165, 1.54) is 13.2 Å².